The predicted molar refractivity (Wildman–Crippen MR) is 97.5 cm³/mol. The lowest BCUT2D eigenvalue weighted by molar-refractivity contribution is -0.274. The summed E-state index contributed by atoms with van der Waals surface area (Å²) in [5.74, 6) is -0.862. The van der Waals surface area contributed by atoms with Crippen LogP contribution >= 0.6 is 22.9 Å². The van der Waals surface area contributed by atoms with E-state index in [2.05, 4.69) is 15.0 Å². The minimum Gasteiger partial charge on any atom is -0.406 e. The zero-order valence-electron chi connectivity index (χ0n) is 13.6. The van der Waals surface area contributed by atoms with Gasteiger partial charge in [-0.25, -0.2) is 4.98 Å². The summed E-state index contributed by atoms with van der Waals surface area (Å²) in [5.41, 5.74) is 1.25. The lowest BCUT2D eigenvalue weighted by Crippen LogP contribution is -2.17. The largest absolute Gasteiger partial charge is 0.573 e. The third-order valence-corrected chi connectivity index (χ3v) is 4.58. The van der Waals surface area contributed by atoms with Gasteiger partial charge in [0.15, 0.2) is 5.13 Å². The summed E-state index contributed by atoms with van der Waals surface area (Å²) in [4.78, 5) is 17.3. The Labute approximate surface area is 161 Å². The second-order valence-corrected chi connectivity index (χ2v) is 7.01. The Hall–Kier alpha value is -2.58. The molecule has 0 spiro atoms. The van der Waals surface area contributed by atoms with Crippen molar-refractivity contribution in [1.82, 2.24) is 4.98 Å². The van der Waals surface area contributed by atoms with Crippen LogP contribution in [0.4, 0.5) is 18.3 Å². The zero-order chi connectivity index (χ0) is 19.4. The second kappa shape index (κ2) is 7.98. The highest BCUT2D eigenvalue weighted by Gasteiger charge is 2.31. The highest BCUT2D eigenvalue weighted by molar-refractivity contribution is 7.15. The van der Waals surface area contributed by atoms with E-state index in [-0.39, 0.29) is 5.56 Å². The molecule has 1 amide bonds. The number of ether oxygens (including phenoxy) is 1. The Bertz CT molecular complexity index is 925. The molecule has 0 aliphatic rings. The molecule has 0 aliphatic carbocycles. The number of aromatic nitrogens is 1. The smallest absolute Gasteiger partial charge is 0.406 e. The lowest BCUT2D eigenvalue weighted by atomic mass is 10.1. The molecule has 27 heavy (non-hydrogen) atoms. The van der Waals surface area contributed by atoms with Gasteiger partial charge < -0.3 is 4.74 Å². The molecule has 9 heteroatoms. The number of hydrogen-bond donors (Lipinski definition) is 1. The molecular weight excluding hydrogens is 401 g/mol. The summed E-state index contributed by atoms with van der Waals surface area (Å²) in [7, 11) is 0. The Morgan fingerprint density at radius 3 is 2.41 bits per heavy atom. The minimum absolute atomic E-state index is 0.193. The fraction of sp³-hybridized carbons (Fsp3) is 0.111. The Morgan fingerprint density at radius 2 is 1.78 bits per heavy atom. The maximum Gasteiger partial charge on any atom is 0.573 e. The fourth-order valence-electron chi connectivity index (χ4n) is 2.23. The second-order valence-electron chi connectivity index (χ2n) is 5.46. The summed E-state index contributed by atoms with van der Waals surface area (Å²) >= 11 is 7.17. The van der Waals surface area contributed by atoms with E-state index >= 15 is 0 Å². The van der Waals surface area contributed by atoms with Crippen LogP contribution in [0.15, 0.2) is 54.7 Å². The molecule has 1 N–H and O–H groups in total. The number of rotatable bonds is 5. The quantitative estimate of drug-likeness (QED) is 0.598. The monoisotopic (exact) mass is 412 g/mol. The van der Waals surface area contributed by atoms with Crippen LogP contribution in [0.1, 0.15) is 20.8 Å². The topological polar surface area (TPSA) is 51.2 Å². The van der Waals surface area contributed by atoms with Crippen LogP contribution in [0.25, 0.3) is 0 Å². The van der Waals surface area contributed by atoms with Crippen LogP contribution in [-0.2, 0) is 6.42 Å². The van der Waals surface area contributed by atoms with Crippen LogP contribution in [0.2, 0.25) is 5.02 Å². The number of nitrogens with one attached hydrogen (secondary N) is 1. The van der Waals surface area contributed by atoms with Gasteiger partial charge in [-0.1, -0.05) is 23.7 Å². The Balaban J connectivity index is 1.61. The van der Waals surface area contributed by atoms with Crippen LogP contribution in [0, 0.1) is 0 Å². The summed E-state index contributed by atoms with van der Waals surface area (Å²) in [6, 6.07) is 12.1. The number of benzene rings is 2. The summed E-state index contributed by atoms with van der Waals surface area (Å²) in [5, 5.41) is 3.68. The number of nitrogens with zero attached hydrogens (tertiary/aromatic N) is 1. The standard InChI is InChI=1S/C18H12ClF3N2O2S/c19-13-5-1-11(2-6-13)9-15-10-23-17(27-15)24-16(25)12-3-7-14(8-4-12)26-18(20,21)22/h1-8,10H,9H2,(H,23,24,25). The lowest BCUT2D eigenvalue weighted by Gasteiger charge is -2.09. The van der Waals surface area contributed by atoms with Crippen molar-refractivity contribution in [3.63, 3.8) is 0 Å². The summed E-state index contributed by atoms with van der Waals surface area (Å²) in [6.07, 6.45) is -2.46. The van der Waals surface area contributed by atoms with Gasteiger partial charge in [-0.2, -0.15) is 0 Å². The molecule has 0 fully saturated rings. The molecule has 3 aromatic rings. The SMILES string of the molecule is O=C(Nc1ncc(Cc2ccc(Cl)cc2)s1)c1ccc(OC(F)(F)F)cc1. The van der Waals surface area contributed by atoms with Crippen molar-refractivity contribution in [2.75, 3.05) is 5.32 Å². The van der Waals surface area contributed by atoms with Gasteiger partial charge >= 0.3 is 6.36 Å². The number of hydrogen-bond acceptors (Lipinski definition) is 4. The molecule has 0 aliphatic heterocycles. The molecule has 2 aromatic carbocycles. The van der Waals surface area contributed by atoms with Crippen molar-refractivity contribution < 1.29 is 22.7 Å². The van der Waals surface area contributed by atoms with E-state index in [1.54, 1.807) is 18.3 Å². The first-order chi connectivity index (χ1) is 12.8. The Morgan fingerprint density at radius 1 is 1.11 bits per heavy atom. The average Bonchev–Trinajstić information content (AvgIpc) is 3.03. The van der Waals surface area contributed by atoms with Gasteiger partial charge in [0.05, 0.1) is 0 Å². The van der Waals surface area contributed by atoms with Crippen molar-refractivity contribution >= 4 is 34.0 Å². The average molecular weight is 413 g/mol. The molecule has 3 rings (SSSR count). The van der Waals surface area contributed by atoms with Crippen molar-refractivity contribution in [3.8, 4) is 5.75 Å². The van der Waals surface area contributed by atoms with Crippen LogP contribution in [0.5, 0.6) is 5.75 Å². The number of halogens is 4. The van der Waals surface area contributed by atoms with Gasteiger partial charge in [-0.15, -0.1) is 24.5 Å². The van der Waals surface area contributed by atoms with E-state index < -0.39 is 18.0 Å². The first kappa shape index (κ1) is 19.2. The molecule has 0 saturated heterocycles. The van der Waals surface area contributed by atoms with E-state index in [4.69, 9.17) is 11.6 Å². The molecule has 0 saturated carbocycles. The van der Waals surface area contributed by atoms with E-state index in [1.165, 1.54) is 23.5 Å². The third kappa shape index (κ3) is 5.70. The van der Waals surface area contributed by atoms with Gasteiger partial charge in [-0.05, 0) is 42.0 Å². The molecule has 0 unspecified atom stereocenters. The summed E-state index contributed by atoms with van der Waals surface area (Å²) in [6.45, 7) is 0. The highest BCUT2D eigenvalue weighted by Crippen LogP contribution is 2.24. The number of thiazole rings is 1. The van der Waals surface area contributed by atoms with Crippen molar-refractivity contribution in [2.45, 2.75) is 12.8 Å². The molecular formula is C18H12ClF3N2O2S. The zero-order valence-corrected chi connectivity index (χ0v) is 15.2. The van der Waals surface area contributed by atoms with Crippen LogP contribution < -0.4 is 10.1 Å². The maximum absolute atomic E-state index is 12.2. The molecule has 4 nitrogen and oxygen atoms in total. The first-order valence-electron chi connectivity index (χ1n) is 7.65. The van der Waals surface area contributed by atoms with Crippen molar-refractivity contribution in [2.24, 2.45) is 0 Å². The maximum atomic E-state index is 12.2. The highest BCUT2D eigenvalue weighted by atomic mass is 35.5. The van der Waals surface area contributed by atoms with Gasteiger partial charge in [0, 0.05) is 28.1 Å². The Kier molecular flexibility index (Phi) is 5.67. The van der Waals surface area contributed by atoms with Crippen molar-refractivity contribution in [3.05, 3.63) is 75.8 Å². The number of alkyl halides is 3. The molecule has 140 valence electrons. The molecule has 0 radical (unpaired) electrons. The third-order valence-electron chi connectivity index (χ3n) is 3.42. The molecule has 0 atom stereocenters. The predicted octanol–water partition coefficient (Wildman–Crippen LogP) is 5.54. The molecule has 0 bridgehead atoms. The van der Waals surface area contributed by atoms with E-state index in [0.29, 0.717) is 16.6 Å². The summed E-state index contributed by atoms with van der Waals surface area (Å²) < 4.78 is 40.2. The first-order valence-corrected chi connectivity index (χ1v) is 8.84. The van der Waals surface area contributed by atoms with E-state index in [0.717, 1.165) is 22.6 Å². The molecule has 1 heterocycles. The van der Waals surface area contributed by atoms with E-state index in [9.17, 15) is 18.0 Å². The fourth-order valence-corrected chi connectivity index (χ4v) is 3.20. The van der Waals surface area contributed by atoms with E-state index in [1.807, 2.05) is 12.1 Å². The minimum atomic E-state index is -4.77. The number of amides is 1. The van der Waals surface area contributed by atoms with Gasteiger partial charge in [-0.3, -0.25) is 10.1 Å². The van der Waals surface area contributed by atoms with Gasteiger partial charge in [0.25, 0.3) is 5.91 Å². The van der Waals surface area contributed by atoms with Crippen LogP contribution in [0.3, 0.4) is 0 Å². The number of carbonyl (C=O) groups excluding carboxylic acids is 1. The number of anilines is 1. The van der Waals surface area contributed by atoms with Gasteiger partial charge in [0.2, 0.25) is 0 Å². The number of carbonyl (C=O) groups is 1. The van der Waals surface area contributed by atoms with Crippen LogP contribution in [-0.4, -0.2) is 17.3 Å². The normalized spacial score (nSPS) is 11.3. The van der Waals surface area contributed by atoms with Crippen molar-refractivity contribution in [1.29, 1.82) is 0 Å². The van der Waals surface area contributed by atoms with Gasteiger partial charge in [0.1, 0.15) is 5.75 Å². The molecule has 1 aromatic heterocycles.